The molecule has 0 amide bonds. The van der Waals surface area contributed by atoms with Crippen molar-refractivity contribution in [3.05, 3.63) is 29.8 Å². The van der Waals surface area contributed by atoms with E-state index in [4.69, 9.17) is 22.7 Å². The number of nitrogens with two attached hydrogens (primary N) is 1. The number of ether oxygens (including phenoxy) is 1. The number of hydrogen-bond acceptors (Lipinski definition) is 4. The van der Waals surface area contributed by atoms with Crippen LogP contribution in [0.25, 0.3) is 0 Å². The predicted molar refractivity (Wildman–Crippen MR) is 70.8 cm³/mol. The van der Waals surface area contributed by atoms with Gasteiger partial charge < -0.3 is 21.1 Å². The second-order valence-electron chi connectivity index (χ2n) is 3.52. The van der Waals surface area contributed by atoms with E-state index in [9.17, 15) is 0 Å². The minimum atomic E-state index is -0.237. The third-order valence-electron chi connectivity index (χ3n) is 2.28. The van der Waals surface area contributed by atoms with Gasteiger partial charge in [0.2, 0.25) is 0 Å². The lowest BCUT2D eigenvalue weighted by molar-refractivity contribution is 0.340. The van der Waals surface area contributed by atoms with Crippen molar-refractivity contribution in [2.75, 3.05) is 6.61 Å². The van der Waals surface area contributed by atoms with Gasteiger partial charge in [-0.15, -0.1) is 0 Å². The van der Waals surface area contributed by atoms with E-state index in [1.54, 1.807) is 0 Å². The van der Waals surface area contributed by atoms with Crippen LogP contribution in [0.4, 0.5) is 0 Å². The Morgan fingerprint density at radius 3 is 2.71 bits per heavy atom. The highest BCUT2D eigenvalue weighted by atomic mass is 32.1. The number of aliphatic imine (C=N–C) groups is 1. The van der Waals surface area contributed by atoms with E-state index >= 15 is 0 Å². The number of nitrogens with zero attached hydrogens (tertiary/aromatic N) is 1. The van der Waals surface area contributed by atoms with E-state index in [0.717, 1.165) is 11.3 Å². The summed E-state index contributed by atoms with van der Waals surface area (Å²) in [6.45, 7) is 2.60. The Bertz CT molecular complexity index is 443. The van der Waals surface area contributed by atoms with Gasteiger partial charge in [-0.05, 0) is 36.8 Å². The molecule has 1 aromatic carbocycles. The van der Waals surface area contributed by atoms with Crippen molar-refractivity contribution < 1.29 is 4.74 Å². The summed E-state index contributed by atoms with van der Waals surface area (Å²) in [5.41, 5.74) is 6.60. The van der Waals surface area contributed by atoms with Crippen molar-refractivity contribution in [1.82, 2.24) is 10.6 Å². The topological polar surface area (TPSA) is 71.7 Å². The summed E-state index contributed by atoms with van der Waals surface area (Å²) in [4.78, 5) is 4.22. The summed E-state index contributed by atoms with van der Waals surface area (Å²) in [6, 6.07) is 7.68. The third-order valence-corrected chi connectivity index (χ3v) is 2.50. The molecule has 0 aliphatic carbocycles. The number of hydrogen-bond donors (Lipinski definition) is 3. The molecule has 17 heavy (non-hydrogen) atoms. The van der Waals surface area contributed by atoms with Gasteiger partial charge in [0.05, 0.1) is 6.61 Å². The molecule has 0 spiro atoms. The summed E-state index contributed by atoms with van der Waals surface area (Å²) in [6.07, 6.45) is -0.237. The van der Waals surface area contributed by atoms with E-state index in [0.29, 0.717) is 17.7 Å². The van der Waals surface area contributed by atoms with Crippen LogP contribution < -0.4 is 21.1 Å². The quantitative estimate of drug-likeness (QED) is 0.695. The first-order chi connectivity index (χ1) is 8.19. The minimum Gasteiger partial charge on any atom is -0.494 e. The normalized spacial score (nSPS) is 19.0. The van der Waals surface area contributed by atoms with E-state index < -0.39 is 0 Å². The molecule has 0 fully saturated rings. The highest BCUT2D eigenvalue weighted by Crippen LogP contribution is 2.19. The Kier molecular flexibility index (Phi) is 3.43. The standard InChI is InChI=1S/C11H14N4OS/c1-2-16-8-5-3-7(4-6-8)9-13-10(12)15-11(17)14-9/h3-6,9H,2H2,1H3,(H4,12,13,14,15,17)/t9-/m1/s1. The molecule has 1 heterocycles. The van der Waals surface area contributed by atoms with Crippen LogP contribution in [0.5, 0.6) is 5.75 Å². The first kappa shape index (κ1) is 11.7. The van der Waals surface area contributed by atoms with E-state index in [-0.39, 0.29) is 6.17 Å². The summed E-state index contributed by atoms with van der Waals surface area (Å²) >= 11 is 5.02. The molecule has 4 N–H and O–H groups in total. The van der Waals surface area contributed by atoms with Crippen molar-refractivity contribution in [3.63, 3.8) is 0 Å². The Hall–Kier alpha value is -1.82. The first-order valence-electron chi connectivity index (χ1n) is 5.32. The zero-order valence-electron chi connectivity index (χ0n) is 9.43. The molecule has 0 saturated carbocycles. The molecule has 1 aromatic rings. The third kappa shape index (κ3) is 2.85. The first-order valence-corrected chi connectivity index (χ1v) is 5.73. The number of rotatable bonds is 3. The van der Waals surface area contributed by atoms with Crippen molar-refractivity contribution in [1.29, 1.82) is 0 Å². The molecule has 5 nitrogen and oxygen atoms in total. The van der Waals surface area contributed by atoms with Crippen LogP contribution in [-0.4, -0.2) is 17.7 Å². The number of guanidine groups is 1. The van der Waals surface area contributed by atoms with Crippen molar-refractivity contribution >= 4 is 23.3 Å². The van der Waals surface area contributed by atoms with Crippen LogP contribution >= 0.6 is 12.2 Å². The number of nitrogens with one attached hydrogen (secondary N) is 2. The van der Waals surface area contributed by atoms with Gasteiger partial charge in [0.1, 0.15) is 11.9 Å². The van der Waals surface area contributed by atoms with Gasteiger partial charge in [-0.2, -0.15) is 0 Å². The van der Waals surface area contributed by atoms with Crippen LogP contribution in [0.2, 0.25) is 0 Å². The average Bonchev–Trinajstić information content (AvgIpc) is 2.29. The fraction of sp³-hybridized carbons (Fsp3) is 0.273. The van der Waals surface area contributed by atoms with Gasteiger partial charge >= 0.3 is 0 Å². The van der Waals surface area contributed by atoms with Crippen molar-refractivity contribution in [3.8, 4) is 5.75 Å². The molecule has 0 aromatic heterocycles. The minimum absolute atomic E-state index is 0.237. The Morgan fingerprint density at radius 1 is 1.41 bits per heavy atom. The highest BCUT2D eigenvalue weighted by Gasteiger charge is 2.16. The van der Waals surface area contributed by atoms with Crippen LogP contribution in [0.3, 0.4) is 0 Å². The lowest BCUT2D eigenvalue weighted by Crippen LogP contribution is -2.49. The summed E-state index contributed by atoms with van der Waals surface area (Å²) in [7, 11) is 0. The molecule has 90 valence electrons. The molecule has 0 bridgehead atoms. The molecule has 1 atom stereocenters. The maximum Gasteiger partial charge on any atom is 0.197 e. The van der Waals surface area contributed by atoms with E-state index in [2.05, 4.69) is 15.6 Å². The second-order valence-corrected chi connectivity index (χ2v) is 3.93. The van der Waals surface area contributed by atoms with Gasteiger partial charge in [0.25, 0.3) is 0 Å². The van der Waals surface area contributed by atoms with Crippen LogP contribution in [-0.2, 0) is 0 Å². The number of benzene rings is 1. The maximum absolute atomic E-state index is 5.62. The predicted octanol–water partition coefficient (Wildman–Crippen LogP) is 0.876. The molecule has 1 aliphatic heterocycles. The van der Waals surface area contributed by atoms with Gasteiger partial charge in [0.15, 0.2) is 11.1 Å². The average molecular weight is 250 g/mol. The van der Waals surface area contributed by atoms with E-state index in [1.165, 1.54) is 0 Å². The second kappa shape index (κ2) is 5.01. The Balaban J connectivity index is 2.17. The highest BCUT2D eigenvalue weighted by molar-refractivity contribution is 7.80. The van der Waals surface area contributed by atoms with Gasteiger partial charge in [-0.25, -0.2) is 4.99 Å². The Morgan fingerprint density at radius 2 is 2.12 bits per heavy atom. The lowest BCUT2D eigenvalue weighted by atomic mass is 10.1. The summed E-state index contributed by atoms with van der Waals surface area (Å²) in [5, 5.41) is 6.24. The number of thiocarbonyl (C=S) groups is 1. The molecular weight excluding hydrogens is 236 g/mol. The molecular formula is C11H14N4OS. The summed E-state index contributed by atoms with van der Waals surface area (Å²) < 4.78 is 5.37. The van der Waals surface area contributed by atoms with Gasteiger partial charge in [-0.3, -0.25) is 0 Å². The lowest BCUT2D eigenvalue weighted by Gasteiger charge is -2.23. The van der Waals surface area contributed by atoms with Crippen LogP contribution in [0.15, 0.2) is 29.3 Å². The molecule has 0 saturated heterocycles. The molecule has 0 unspecified atom stereocenters. The zero-order chi connectivity index (χ0) is 12.3. The monoisotopic (exact) mass is 250 g/mol. The van der Waals surface area contributed by atoms with Crippen molar-refractivity contribution in [2.24, 2.45) is 10.7 Å². The van der Waals surface area contributed by atoms with E-state index in [1.807, 2.05) is 31.2 Å². The van der Waals surface area contributed by atoms with Crippen LogP contribution in [0.1, 0.15) is 18.7 Å². The maximum atomic E-state index is 5.62. The largest absolute Gasteiger partial charge is 0.494 e. The molecule has 6 heteroatoms. The van der Waals surface area contributed by atoms with Crippen LogP contribution in [0, 0.1) is 0 Å². The SMILES string of the molecule is CCOc1ccc([C@@H]2N=C(N)NC(=S)N2)cc1. The Labute approximate surface area is 105 Å². The smallest absolute Gasteiger partial charge is 0.197 e. The fourth-order valence-corrected chi connectivity index (χ4v) is 1.77. The molecule has 0 radical (unpaired) electrons. The van der Waals surface area contributed by atoms with Crippen molar-refractivity contribution in [2.45, 2.75) is 13.1 Å². The molecule has 1 aliphatic rings. The molecule has 2 rings (SSSR count). The van der Waals surface area contributed by atoms with Gasteiger partial charge in [-0.1, -0.05) is 12.1 Å². The van der Waals surface area contributed by atoms with Gasteiger partial charge in [0, 0.05) is 0 Å². The summed E-state index contributed by atoms with van der Waals surface area (Å²) in [5.74, 6) is 1.16. The fourth-order valence-electron chi connectivity index (χ4n) is 1.55. The zero-order valence-corrected chi connectivity index (χ0v) is 10.3.